The highest BCUT2D eigenvalue weighted by Crippen LogP contribution is 2.17. The van der Waals surface area contributed by atoms with Crippen molar-refractivity contribution in [1.29, 1.82) is 5.26 Å². The van der Waals surface area contributed by atoms with Crippen molar-refractivity contribution in [3.63, 3.8) is 0 Å². The zero-order valence-corrected chi connectivity index (χ0v) is 10.7. The molecule has 1 N–H and O–H groups in total. The smallest absolute Gasteiger partial charge is 0.121 e. The van der Waals surface area contributed by atoms with Crippen molar-refractivity contribution in [3.05, 3.63) is 29.8 Å². The molecule has 0 amide bonds. The van der Waals surface area contributed by atoms with Crippen molar-refractivity contribution in [1.82, 2.24) is 5.32 Å². The van der Waals surface area contributed by atoms with E-state index in [1.54, 1.807) is 0 Å². The molecular weight excluding hydrogens is 212 g/mol. The molecule has 0 aliphatic rings. The van der Waals surface area contributed by atoms with Crippen LogP contribution in [0.25, 0.3) is 0 Å². The summed E-state index contributed by atoms with van der Waals surface area (Å²) in [5.74, 6) is 1.38. The van der Waals surface area contributed by atoms with Gasteiger partial charge < -0.3 is 4.74 Å². The second kappa shape index (κ2) is 6.93. The number of nitriles is 1. The molecule has 92 valence electrons. The molecule has 0 aromatic heterocycles. The van der Waals surface area contributed by atoms with Crippen LogP contribution in [-0.2, 0) is 0 Å². The van der Waals surface area contributed by atoms with Crippen LogP contribution < -0.4 is 10.1 Å². The van der Waals surface area contributed by atoms with E-state index >= 15 is 0 Å². The summed E-state index contributed by atoms with van der Waals surface area (Å²) in [4.78, 5) is 0. The lowest BCUT2D eigenvalue weighted by Crippen LogP contribution is -2.24. The van der Waals surface area contributed by atoms with Crippen molar-refractivity contribution in [3.8, 4) is 11.8 Å². The largest absolute Gasteiger partial charge is 0.494 e. The maximum atomic E-state index is 9.12. The van der Waals surface area contributed by atoms with E-state index in [2.05, 4.69) is 25.2 Å². The summed E-state index contributed by atoms with van der Waals surface area (Å²) in [6.45, 7) is 7.70. The first-order chi connectivity index (χ1) is 8.17. The molecule has 0 saturated carbocycles. The monoisotopic (exact) mass is 232 g/mol. The van der Waals surface area contributed by atoms with Crippen LogP contribution >= 0.6 is 0 Å². The summed E-state index contributed by atoms with van der Waals surface area (Å²) in [6.07, 6.45) is 0. The standard InChI is InChI=1S/C14H20N2O/c1-4-17-13-7-5-12(6-8-13)14(9-15)16-10-11(2)3/h5-8,11,14,16H,4,10H2,1-3H3. The van der Waals surface area contributed by atoms with Crippen LogP contribution in [0.3, 0.4) is 0 Å². The molecule has 1 rings (SSSR count). The SMILES string of the molecule is CCOc1ccc(C(C#N)NCC(C)C)cc1. The lowest BCUT2D eigenvalue weighted by molar-refractivity contribution is 0.340. The summed E-state index contributed by atoms with van der Waals surface area (Å²) >= 11 is 0. The van der Waals surface area contributed by atoms with E-state index in [1.165, 1.54) is 0 Å². The first kappa shape index (κ1) is 13.5. The van der Waals surface area contributed by atoms with Gasteiger partial charge in [0.1, 0.15) is 11.8 Å². The Morgan fingerprint density at radius 2 is 1.94 bits per heavy atom. The highest BCUT2D eigenvalue weighted by molar-refractivity contribution is 5.31. The Morgan fingerprint density at radius 3 is 2.41 bits per heavy atom. The molecule has 0 fully saturated rings. The quantitative estimate of drug-likeness (QED) is 0.820. The van der Waals surface area contributed by atoms with Gasteiger partial charge in [-0.3, -0.25) is 5.32 Å². The van der Waals surface area contributed by atoms with E-state index in [0.29, 0.717) is 12.5 Å². The number of nitrogens with one attached hydrogen (secondary N) is 1. The van der Waals surface area contributed by atoms with Gasteiger partial charge in [-0.1, -0.05) is 26.0 Å². The highest BCUT2D eigenvalue weighted by atomic mass is 16.5. The van der Waals surface area contributed by atoms with Crippen molar-refractivity contribution in [2.45, 2.75) is 26.8 Å². The predicted molar refractivity (Wildman–Crippen MR) is 68.8 cm³/mol. The molecule has 1 aromatic carbocycles. The first-order valence-electron chi connectivity index (χ1n) is 6.03. The average molecular weight is 232 g/mol. The Kier molecular flexibility index (Phi) is 5.51. The third-order valence-corrected chi connectivity index (χ3v) is 2.38. The van der Waals surface area contributed by atoms with Crippen molar-refractivity contribution >= 4 is 0 Å². The fraction of sp³-hybridized carbons (Fsp3) is 0.500. The lowest BCUT2D eigenvalue weighted by Gasteiger charge is -2.14. The fourth-order valence-electron chi connectivity index (χ4n) is 1.51. The van der Waals surface area contributed by atoms with E-state index in [-0.39, 0.29) is 6.04 Å². The van der Waals surface area contributed by atoms with Gasteiger partial charge in [-0.05, 0) is 37.1 Å². The topological polar surface area (TPSA) is 45.0 Å². The highest BCUT2D eigenvalue weighted by Gasteiger charge is 2.10. The van der Waals surface area contributed by atoms with Crippen LogP contribution in [0.2, 0.25) is 0 Å². The maximum Gasteiger partial charge on any atom is 0.121 e. The lowest BCUT2D eigenvalue weighted by atomic mass is 10.1. The number of hydrogen-bond acceptors (Lipinski definition) is 3. The molecule has 1 unspecified atom stereocenters. The van der Waals surface area contributed by atoms with Crippen molar-refractivity contribution in [2.75, 3.05) is 13.2 Å². The Bertz CT molecular complexity index is 365. The van der Waals surface area contributed by atoms with E-state index in [4.69, 9.17) is 10.00 Å². The first-order valence-corrected chi connectivity index (χ1v) is 6.03. The Hall–Kier alpha value is -1.53. The number of nitrogens with zero attached hydrogens (tertiary/aromatic N) is 1. The van der Waals surface area contributed by atoms with Crippen LogP contribution in [0, 0.1) is 17.2 Å². The van der Waals surface area contributed by atoms with Gasteiger partial charge in [-0.25, -0.2) is 0 Å². The number of rotatable bonds is 6. The molecule has 0 saturated heterocycles. The number of benzene rings is 1. The van der Waals surface area contributed by atoms with Gasteiger partial charge in [0.05, 0.1) is 12.7 Å². The molecule has 17 heavy (non-hydrogen) atoms. The third-order valence-electron chi connectivity index (χ3n) is 2.38. The summed E-state index contributed by atoms with van der Waals surface area (Å²) in [7, 11) is 0. The van der Waals surface area contributed by atoms with Crippen molar-refractivity contribution < 1.29 is 4.74 Å². The van der Waals surface area contributed by atoms with E-state index < -0.39 is 0 Å². The second-order valence-electron chi connectivity index (χ2n) is 4.37. The molecule has 1 aromatic rings. The molecule has 0 spiro atoms. The molecular formula is C14H20N2O. The van der Waals surface area contributed by atoms with Gasteiger partial charge in [0, 0.05) is 0 Å². The molecule has 0 radical (unpaired) electrons. The predicted octanol–water partition coefficient (Wildman–Crippen LogP) is 2.90. The van der Waals surface area contributed by atoms with Gasteiger partial charge in [-0.15, -0.1) is 0 Å². The van der Waals surface area contributed by atoms with Gasteiger partial charge >= 0.3 is 0 Å². The van der Waals surface area contributed by atoms with E-state index in [0.717, 1.165) is 17.9 Å². The Labute approximate surface area is 103 Å². The molecule has 3 heteroatoms. The van der Waals surface area contributed by atoms with Gasteiger partial charge in [0.2, 0.25) is 0 Å². The van der Waals surface area contributed by atoms with Crippen LogP contribution in [0.15, 0.2) is 24.3 Å². The van der Waals surface area contributed by atoms with Crippen LogP contribution in [0.5, 0.6) is 5.75 Å². The summed E-state index contributed by atoms with van der Waals surface area (Å²) in [5.41, 5.74) is 0.983. The van der Waals surface area contributed by atoms with Crippen LogP contribution in [0.1, 0.15) is 32.4 Å². The second-order valence-corrected chi connectivity index (χ2v) is 4.37. The molecule has 3 nitrogen and oxygen atoms in total. The summed E-state index contributed by atoms with van der Waals surface area (Å²) in [6, 6.07) is 9.71. The minimum atomic E-state index is -0.243. The molecule has 0 heterocycles. The minimum absolute atomic E-state index is 0.243. The minimum Gasteiger partial charge on any atom is -0.494 e. The zero-order valence-electron chi connectivity index (χ0n) is 10.7. The Balaban J connectivity index is 2.66. The Morgan fingerprint density at radius 1 is 1.29 bits per heavy atom. The molecule has 1 atom stereocenters. The van der Waals surface area contributed by atoms with Crippen LogP contribution in [0.4, 0.5) is 0 Å². The summed E-state index contributed by atoms with van der Waals surface area (Å²) in [5, 5.41) is 12.4. The number of hydrogen-bond donors (Lipinski definition) is 1. The van der Waals surface area contributed by atoms with Gasteiger partial charge in [0.25, 0.3) is 0 Å². The van der Waals surface area contributed by atoms with E-state index in [9.17, 15) is 0 Å². The van der Waals surface area contributed by atoms with Crippen molar-refractivity contribution in [2.24, 2.45) is 5.92 Å². The molecule has 0 aliphatic carbocycles. The van der Waals surface area contributed by atoms with Gasteiger partial charge in [0.15, 0.2) is 0 Å². The average Bonchev–Trinajstić information content (AvgIpc) is 2.32. The summed E-state index contributed by atoms with van der Waals surface area (Å²) < 4.78 is 5.37. The molecule has 0 aliphatic heterocycles. The van der Waals surface area contributed by atoms with Crippen LogP contribution in [-0.4, -0.2) is 13.2 Å². The van der Waals surface area contributed by atoms with Gasteiger partial charge in [-0.2, -0.15) is 5.26 Å². The maximum absolute atomic E-state index is 9.12. The zero-order chi connectivity index (χ0) is 12.7. The number of ether oxygens (including phenoxy) is 1. The normalized spacial score (nSPS) is 12.2. The fourth-order valence-corrected chi connectivity index (χ4v) is 1.51. The molecule has 0 bridgehead atoms. The van der Waals surface area contributed by atoms with E-state index in [1.807, 2.05) is 31.2 Å². The third kappa shape index (κ3) is 4.46.